The van der Waals surface area contributed by atoms with Gasteiger partial charge in [0.25, 0.3) is 0 Å². The van der Waals surface area contributed by atoms with Gasteiger partial charge in [0.05, 0.1) is 5.92 Å². The van der Waals surface area contributed by atoms with Gasteiger partial charge in [0.15, 0.2) is 0 Å². The molecular formula is C13H27N3O. The third kappa shape index (κ3) is 4.64. The molecule has 4 nitrogen and oxygen atoms in total. The van der Waals surface area contributed by atoms with Crippen LogP contribution in [0.4, 0.5) is 0 Å². The maximum Gasteiger partial charge on any atom is 0.224 e. The van der Waals surface area contributed by atoms with Gasteiger partial charge in [-0.25, -0.2) is 0 Å². The molecule has 0 aromatic carbocycles. The summed E-state index contributed by atoms with van der Waals surface area (Å²) in [6.45, 7) is 8.20. The summed E-state index contributed by atoms with van der Waals surface area (Å²) in [4.78, 5) is 14.0. The summed E-state index contributed by atoms with van der Waals surface area (Å²) in [5, 5.41) is 2.75. The predicted molar refractivity (Wildman–Crippen MR) is 70.7 cm³/mol. The average Bonchev–Trinajstić information content (AvgIpc) is 2.36. The van der Waals surface area contributed by atoms with E-state index in [9.17, 15) is 4.79 Å². The Balaban J connectivity index is 2.37. The van der Waals surface area contributed by atoms with Gasteiger partial charge in [-0.1, -0.05) is 13.8 Å². The van der Waals surface area contributed by atoms with E-state index in [1.54, 1.807) is 7.05 Å². The van der Waals surface area contributed by atoms with Gasteiger partial charge >= 0.3 is 0 Å². The molecule has 1 aliphatic rings. The molecule has 3 N–H and O–H groups in total. The van der Waals surface area contributed by atoms with Crippen molar-refractivity contribution in [3.8, 4) is 0 Å². The molecule has 0 saturated carbocycles. The zero-order valence-electron chi connectivity index (χ0n) is 11.5. The fraction of sp³-hybridized carbons (Fsp3) is 0.923. The van der Waals surface area contributed by atoms with Crippen molar-refractivity contribution >= 4 is 5.91 Å². The van der Waals surface area contributed by atoms with E-state index < -0.39 is 0 Å². The summed E-state index contributed by atoms with van der Waals surface area (Å²) >= 11 is 0. The zero-order valence-corrected chi connectivity index (χ0v) is 11.5. The van der Waals surface area contributed by atoms with Crippen LogP contribution >= 0.6 is 0 Å². The van der Waals surface area contributed by atoms with E-state index in [-0.39, 0.29) is 17.2 Å². The van der Waals surface area contributed by atoms with Crippen molar-refractivity contribution in [2.75, 3.05) is 33.2 Å². The lowest BCUT2D eigenvalue weighted by atomic mass is 9.88. The van der Waals surface area contributed by atoms with Crippen LogP contribution in [-0.4, -0.2) is 44.0 Å². The van der Waals surface area contributed by atoms with Crippen LogP contribution < -0.4 is 11.1 Å². The molecular weight excluding hydrogens is 214 g/mol. The Labute approximate surface area is 105 Å². The van der Waals surface area contributed by atoms with Crippen molar-refractivity contribution < 1.29 is 4.79 Å². The molecule has 0 aromatic rings. The van der Waals surface area contributed by atoms with Crippen molar-refractivity contribution in [3.05, 3.63) is 0 Å². The molecule has 1 unspecified atom stereocenters. The highest BCUT2D eigenvalue weighted by Gasteiger charge is 2.26. The molecule has 0 radical (unpaired) electrons. The molecule has 1 rings (SSSR count). The minimum Gasteiger partial charge on any atom is -0.359 e. The van der Waals surface area contributed by atoms with Crippen molar-refractivity contribution in [1.29, 1.82) is 0 Å². The van der Waals surface area contributed by atoms with Crippen LogP contribution in [0.2, 0.25) is 0 Å². The van der Waals surface area contributed by atoms with E-state index in [0.717, 1.165) is 45.4 Å². The number of nitrogens with two attached hydrogens (primary N) is 1. The highest BCUT2D eigenvalue weighted by atomic mass is 16.1. The molecule has 0 spiro atoms. The highest BCUT2D eigenvalue weighted by Crippen LogP contribution is 2.22. The second-order valence-corrected chi connectivity index (χ2v) is 5.87. The summed E-state index contributed by atoms with van der Waals surface area (Å²) in [6.07, 6.45) is 3.25. The number of carbonyl (C=O) groups is 1. The van der Waals surface area contributed by atoms with Crippen LogP contribution in [0.1, 0.15) is 33.1 Å². The summed E-state index contributed by atoms with van der Waals surface area (Å²) in [6, 6.07) is 0. The molecule has 100 valence electrons. The number of rotatable bonds is 5. The van der Waals surface area contributed by atoms with Crippen LogP contribution in [-0.2, 0) is 4.79 Å². The molecule has 0 aliphatic carbocycles. The second kappa shape index (κ2) is 6.36. The fourth-order valence-corrected chi connectivity index (χ4v) is 2.24. The van der Waals surface area contributed by atoms with E-state index in [1.165, 1.54) is 0 Å². The minimum atomic E-state index is 0.176. The quantitative estimate of drug-likeness (QED) is 0.749. The lowest BCUT2D eigenvalue weighted by Gasteiger charge is -2.34. The predicted octanol–water partition coefficient (Wildman–Crippen LogP) is 0.819. The Morgan fingerprint density at radius 1 is 1.53 bits per heavy atom. The number of hydrogen-bond acceptors (Lipinski definition) is 3. The topological polar surface area (TPSA) is 58.4 Å². The lowest BCUT2D eigenvalue weighted by molar-refractivity contribution is -0.126. The number of nitrogens with one attached hydrogen (secondary N) is 1. The number of likely N-dealkylation sites (tertiary alicyclic amines) is 1. The van der Waals surface area contributed by atoms with Gasteiger partial charge in [0.2, 0.25) is 5.91 Å². The molecule has 17 heavy (non-hydrogen) atoms. The maximum absolute atomic E-state index is 11.6. The third-order valence-corrected chi connectivity index (χ3v) is 3.78. The summed E-state index contributed by atoms with van der Waals surface area (Å²) in [7, 11) is 1.72. The Kier molecular flexibility index (Phi) is 5.40. The zero-order chi connectivity index (χ0) is 12.9. The SMILES string of the molecule is CNC(=O)C1CCCN(CCC(C)(C)CN)C1. The Morgan fingerprint density at radius 3 is 2.82 bits per heavy atom. The first-order chi connectivity index (χ1) is 7.98. The molecule has 0 aromatic heterocycles. The summed E-state index contributed by atoms with van der Waals surface area (Å²) in [5.74, 6) is 0.363. The summed E-state index contributed by atoms with van der Waals surface area (Å²) < 4.78 is 0. The third-order valence-electron chi connectivity index (χ3n) is 3.78. The van der Waals surface area contributed by atoms with Crippen LogP contribution in [0.25, 0.3) is 0 Å². The standard InChI is InChI=1S/C13H27N3O/c1-13(2,10-14)6-8-16-7-4-5-11(9-16)12(17)15-3/h11H,4-10,14H2,1-3H3,(H,15,17). The molecule has 0 bridgehead atoms. The number of piperidine rings is 1. The van der Waals surface area contributed by atoms with Gasteiger partial charge in [-0.2, -0.15) is 0 Å². The van der Waals surface area contributed by atoms with Crippen molar-refractivity contribution in [2.24, 2.45) is 17.1 Å². The molecule has 1 aliphatic heterocycles. The summed E-state index contributed by atoms with van der Waals surface area (Å²) in [5.41, 5.74) is 5.94. The highest BCUT2D eigenvalue weighted by molar-refractivity contribution is 5.78. The second-order valence-electron chi connectivity index (χ2n) is 5.87. The van der Waals surface area contributed by atoms with E-state index >= 15 is 0 Å². The fourth-order valence-electron chi connectivity index (χ4n) is 2.24. The lowest BCUT2D eigenvalue weighted by Crippen LogP contribution is -2.43. The first-order valence-corrected chi connectivity index (χ1v) is 6.62. The van der Waals surface area contributed by atoms with E-state index in [1.807, 2.05) is 0 Å². The Bertz CT molecular complexity index is 253. The van der Waals surface area contributed by atoms with Crippen molar-refractivity contribution in [1.82, 2.24) is 10.2 Å². The van der Waals surface area contributed by atoms with E-state index in [0.29, 0.717) is 0 Å². The van der Waals surface area contributed by atoms with Gasteiger partial charge in [0, 0.05) is 13.6 Å². The number of nitrogens with zero attached hydrogens (tertiary/aromatic N) is 1. The Hall–Kier alpha value is -0.610. The number of hydrogen-bond donors (Lipinski definition) is 2. The van der Waals surface area contributed by atoms with Gasteiger partial charge in [-0.05, 0) is 44.3 Å². The normalized spacial score (nSPS) is 22.5. The van der Waals surface area contributed by atoms with Gasteiger partial charge in [-0.15, -0.1) is 0 Å². The van der Waals surface area contributed by atoms with Crippen molar-refractivity contribution in [3.63, 3.8) is 0 Å². The smallest absolute Gasteiger partial charge is 0.224 e. The van der Waals surface area contributed by atoms with Crippen LogP contribution in [0.5, 0.6) is 0 Å². The first kappa shape index (κ1) is 14.5. The minimum absolute atomic E-state index is 0.176. The largest absolute Gasteiger partial charge is 0.359 e. The van der Waals surface area contributed by atoms with E-state index in [2.05, 4.69) is 24.1 Å². The van der Waals surface area contributed by atoms with Crippen molar-refractivity contribution in [2.45, 2.75) is 33.1 Å². The van der Waals surface area contributed by atoms with Gasteiger partial charge < -0.3 is 16.0 Å². The number of amides is 1. The van der Waals surface area contributed by atoms with E-state index in [4.69, 9.17) is 5.73 Å². The molecule has 1 fully saturated rings. The molecule has 1 amide bonds. The Morgan fingerprint density at radius 2 is 2.24 bits per heavy atom. The maximum atomic E-state index is 11.6. The van der Waals surface area contributed by atoms with Crippen LogP contribution in [0.3, 0.4) is 0 Å². The molecule has 4 heteroatoms. The molecule has 1 saturated heterocycles. The average molecular weight is 241 g/mol. The monoisotopic (exact) mass is 241 g/mol. The first-order valence-electron chi connectivity index (χ1n) is 6.62. The van der Waals surface area contributed by atoms with Gasteiger partial charge in [0.1, 0.15) is 0 Å². The van der Waals surface area contributed by atoms with Crippen LogP contribution in [0, 0.1) is 11.3 Å². The molecule has 1 heterocycles. The molecule has 1 atom stereocenters. The number of carbonyl (C=O) groups excluding carboxylic acids is 1. The van der Waals surface area contributed by atoms with Crippen LogP contribution in [0.15, 0.2) is 0 Å². The van der Waals surface area contributed by atoms with Gasteiger partial charge in [-0.3, -0.25) is 4.79 Å².